The Bertz CT molecular complexity index is 1270. The Morgan fingerprint density at radius 3 is 2.52 bits per heavy atom. The number of nitrogens with one attached hydrogen (secondary N) is 2. The molecule has 0 spiro atoms. The molecule has 0 bridgehead atoms. The van der Waals surface area contributed by atoms with E-state index in [2.05, 4.69) is 20.2 Å². The first-order valence-electron chi connectivity index (χ1n) is 10.7. The highest BCUT2D eigenvalue weighted by atomic mass is 35.5. The van der Waals surface area contributed by atoms with Gasteiger partial charge in [0.1, 0.15) is 11.6 Å². The highest BCUT2D eigenvalue weighted by Crippen LogP contribution is 2.33. The molecule has 0 aliphatic carbocycles. The molecule has 0 unspecified atom stereocenters. The average molecular weight is 483 g/mol. The van der Waals surface area contributed by atoms with E-state index in [0.29, 0.717) is 16.0 Å². The van der Waals surface area contributed by atoms with Crippen LogP contribution in [0.4, 0.5) is 16.0 Å². The van der Waals surface area contributed by atoms with Crippen LogP contribution in [0.25, 0.3) is 22.8 Å². The van der Waals surface area contributed by atoms with Crippen LogP contribution in [-0.2, 0) is 0 Å². The molecule has 33 heavy (non-hydrogen) atoms. The SMILES string of the molecule is Fc1ccc(-c2ncc(-c3ccnc(Nc4ccc(Cl)c(Cl)c4)n3)n2C2CCNCC2)cc1. The van der Waals surface area contributed by atoms with E-state index < -0.39 is 0 Å². The van der Waals surface area contributed by atoms with Crippen LogP contribution in [-0.4, -0.2) is 32.6 Å². The van der Waals surface area contributed by atoms with Crippen molar-refractivity contribution in [2.45, 2.75) is 18.9 Å². The monoisotopic (exact) mass is 482 g/mol. The van der Waals surface area contributed by atoms with E-state index in [0.717, 1.165) is 54.4 Å². The topological polar surface area (TPSA) is 67.7 Å². The summed E-state index contributed by atoms with van der Waals surface area (Å²) in [6.07, 6.45) is 5.47. The maximum atomic E-state index is 13.5. The van der Waals surface area contributed by atoms with Crippen LogP contribution in [0.3, 0.4) is 0 Å². The Morgan fingerprint density at radius 1 is 0.970 bits per heavy atom. The highest BCUT2D eigenvalue weighted by molar-refractivity contribution is 6.42. The van der Waals surface area contributed by atoms with Crippen molar-refractivity contribution in [2.75, 3.05) is 18.4 Å². The van der Waals surface area contributed by atoms with Gasteiger partial charge in [0.25, 0.3) is 0 Å². The third-order valence-electron chi connectivity index (χ3n) is 5.67. The number of rotatable bonds is 5. The Kier molecular flexibility index (Phi) is 6.26. The smallest absolute Gasteiger partial charge is 0.227 e. The molecule has 5 rings (SSSR count). The van der Waals surface area contributed by atoms with Crippen molar-refractivity contribution in [3.63, 3.8) is 0 Å². The largest absolute Gasteiger partial charge is 0.324 e. The fraction of sp³-hybridized carbons (Fsp3) is 0.208. The molecule has 168 valence electrons. The third kappa shape index (κ3) is 4.71. The molecule has 1 aliphatic rings. The van der Waals surface area contributed by atoms with Gasteiger partial charge in [-0.1, -0.05) is 23.2 Å². The van der Waals surface area contributed by atoms with Crippen molar-refractivity contribution in [1.82, 2.24) is 24.8 Å². The molecule has 0 atom stereocenters. The van der Waals surface area contributed by atoms with Gasteiger partial charge in [0.05, 0.1) is 27.6 Å². The summed E-state index contributed by atoms with van der Waals surface area (Å²) in [6, 6.07) is 13.8. The third-order valence-corrected chi connectivity index (χ3v) is 6.41. The van der Waals surface area contributed by atoms with E-state index in [1.54, 1.807) is 30.5 Å². The van der Waals surface area contributed by atoms with E-state index in [9.17, 15) is 4.39 Å². The molecule has 9 heteroatoms. The minimum atomic E-state index is -0.271. The van der Waals surface area contributed by atoms with Crippen LogP contribution in [0.15, 0.2) is 60.9 Å². The summed E-state index contributed by atoms with van der Waals surface area (Å²) in [6.45, 7) is 1.86. The summed E-state index contributed by atoms with van der Waals surface area (Å²) < 4.78 is 15.7. The first-order valence-corrected chi connectivity index (χ1v) is 11.4. The lowest BCUT2D eigenvalue weighted by molar-refractivity contribution is 0.373. The molecule has 1 saturated heterocycles. The Morgan fingerprint density at radius 2 is 1.76 bits per heavy atom. The number of imidazole rings is 1. The minimum Gasteiger partial charge on any atom is -0.324 e. The van der Waals surface area contributed by atoms with E-state index in [1.165, 1.54) is 12.1 Å². The van der Waals surface area contributed by atoms with E-state index in [4.69, 9.17) is 33.2 Å². The molecular formula is C24H21Cl2FN6. The number of halogens is 3. The van der Waals surface area contributed by atoms with Crippen LogP contribution in [0.1, 0.15) is 18.9 Å². The van der Waals surface area contributed by atoms with Gasteiger partial charge in [0.15, 0.2) is 0 Å². The Labute approximate surface area is 200 Å². The molecule has 2 aromatic carbocycles. The Hall–Kier alpha value is -3.00. The standard InChI is InChI=1S/C24H21Cl2FN6/c25-19-6-5-17(13-20(19)26)31-24-29-12-9-21(32-24)22-14-30-23(15-1-3-16(27)4-2-15)33(22)18-7-10-28-11-8-18/h1-6,9,12-14,18,28H,7-8,10-11H2,(H,29,31,32). The quantitative estimate of drug-likeness (QED) is 0.358. The van der Waals surface area contributed by atoms with Crippen molar-refractivity contribution < 1.29 is 4.39 Å². The number of piperidine rings is 1. The maximum absolute atomic E-state index is 13.5. The lowest BCUT2D eigenvalue weighted by Gasteiger charge is -2.27. The number of hydrogen-bond acceptors (Lipinski definition) is 5. The van der Waals surface area contributed by atoms with E-state index >= 15 is 0 Å². The van der Waals surface area contributed by atoms with Gasteiger partial charge >= 0.3 is 0 Å². The zero-order chi connectivity index (χ0) is 22.8. The summed E-state index contributed by atoms with van der Waals surface area (Å²) in [7, 11) is 0. The van der Waals surface area contributed by atoms with Crippen LogP contribution in [0, 0.1) is 5.82 Å². The highest BCUT2D eigenvalue weighted by Gasteiger charge is 2.23. The molecule has 4 aromatic rings. The van der Waals surface area contributed by atoms with Crippen molar-refractivity contribution in [3.05, 3.63) is 76.8 Å². The molecule has 0 amide bonds. The molecule has 1 fully saturated rings. The zero-order valence-electron chi connectivity index (χ0n) is 17.6. The second-order valence-electron chi connectivity index (χ2n) is 7.84. The van der Waals surface area contributed by atoms with Gasteiger partial charge in [-0.05, 0) is 74.5 Å². The number of anilines is 2. The second-order valence-corrected chi connectivity index (χ2v) is 8.66. The lowest BCUT2D eigenvalue weighted by atomic mass is 10.0. The van der Waals surface area contributed by atoms with Crippen LogP contribution in [0.5, 0.6) is 0 Å². The molecular weight excluding hydrogens is 462 g/mol. The van der Waals surface area contributed by atoms with Gasteiger partial charge in [-0.25, -0.2) is 19.3 Å². The number of hydrogen-bond donors (Lipinski definition) is 2. The number of nitrogens with zero attached hydrogens (tertiary/aromatic N) is 4. The second kappa shape index (κ2) is 9.47. The fourth-order valence-corrected chi connectivity index (χ4v) is 4.36. The summed E-state index contributed by atoms with van der Waals surface area (Å²) in [5.74, 6) is 0.967. The molecule has 2 N–H and O–H groups in total. The summed E-state index contributed by atoms with van der Waals surface area (Å²) >= 11 is 12.1. The minimum absolute atomic E-state index is 0.255. The number of aromatic nitrogens is 4. The van der Waals surface area contributed by atoms with Crippen LogP contribution >= 0.6 is 23.2 Å². The fourth-order valence-electron chi connectivity index (χ4n) is 4.06. The van der Waals surface area contributed by atoms with Crippen molar-refractivity contribution in [3.8, 4) is 22.8 Å². The van der Waals surface area contributed by atoms with Crippen LogP contribution < -0.4 is 10.6 Å². The average Bonchev–Trinajstić information content (AvgIpc) is 3.28. The number of benzene rings is 2. The normalized spacial score (nSPS) is 14.4. The molecule has 1 aliphatic heterocycles. The molecule has 6 nitrogen and oxygen atoms in total. The molecule has 0 saturated carbocycles. The predicted octanol–water partition coefficient (Wildman–Crippen LogP) is 6.12. The first kappa shape index (κ1) is 21.8. The lowest BCUT2D eigenvalue weighted by Crippen LogP contribution is -2.30. The van der Waals surface area contributed by atoms with Gasteiger partial charge in [0.2, 0.25) is 5.95 Å². The van der Waals surface area contributed by atoms with Crippen molar-refractivity contribution in [1.29, 1.82) is 0 Å². The predicted molar refractivity (Wildman–Crippen MR) is 130 cm³/mol. The summed E-state index contributed by atoms with van der Waals surface area (Å²) in [5.41, 5.74) is 3.23. The van der Waals surface area contributed by atoms with Crippen molar-refractivity contribution in [2.24, 2.45) is 0 Å². The zero-order valence-corrected chi connectivity index (χ0v) is 19.1. The maximum Gasteiger partial charge on any atom is 0.227 e. The van der Waals surface area contributed by atoms with Gasteiger partial charge < -0.3 is 15.2 Å². The summed E-state index contributed by atoms with van der Waals surface area (Å²) in [4.78, 5) is 13.8. The van der Waals surface area contributed by atoms with E-state index in [1.807, 2.05) is 18.3 Å². The van der Waals surface area contributed by atoms with Crippen molar-refractivity contribution >= 4 is 34.8 Å². The molecule has 2 aromatic heterocycles. The van der Waals surface area contributed by atoms with Gasteiger partial charge in [-0.15, -0.1) is 0 Å². The van der Waals surface area contributed by atoms with Gasteiger partial charge in [-0.3, -0.25) is 0 Å². The van der Waals surface area contributed by atoms with E-state index in [-0.39, 0.29) is 11.9 Å². The van der Waals surface area contributed by atoms with Gasteiger partial charge in [0, 0.05) is 23.5 Å². The van der Waals surface area contributed by atoms with Crippen LogP contribution in [0.2, 0.25) is 10.0 Å². The molecule has 0 radical (unpaired) electrons. The Balaban J connectivity index is 1.54. The first-order chi connectivity index (χ1) is 16.1. The van der Waals surface area contributed by atoms with Gasteiger partial charge in [-0.2, -0.15) is 0 Å². The molecule has 3 heterocycles. The summed E-state index contributed by atoms with van der Waals surface area (Å²) in [5, 5.41) is 7.52.